The molecule has 0 aliphatic heterocycles. The Bertz CT molecular complexity index is 102. The molecule has 0 atom stereocenters. The molecule has 0 aliphatic rings. The standard InChI is InChI=1S/C6H12N.BrH/c1-5-6-7(2,3)4;/h1-4H3;1H/q+1;/p-1. The summed E-state index contributed by atoms with van der Waals surface area (Å²) < 4.78 is 0.733. The molecule has 8 heavy (non-hydrogen) atoms. The lowest BCUT2D eigenvalue weighted by Crippen LogP contribution is -3.00. The summed E-state index contributed by atoms with van der Waals surface area (Å²) in [5, 5.41) is 0. The maximum atomic E-state index is 2.97. The molecule has 0 fully saturated rings. The number of quaternary nitrogens is 1. The highest BCUT2D eigenvalue weighted by atomic mass is 79.9. The minimum absolute atomic E-state index is 0. The van der Waals surface area contributed by atoms with Gasteiger partial charge < -0.3 is 17.0 Å². The second-order valence-corrected chi connectivity index (χ2v) is 2.37. The quantitative estimate of drug-likeness (QED) is 0.288. The Hall–Kier alpha value is 0. The van der Waals surface area contributed by atoms with Crippen LogP contribution in [0.3, 0.4) is 0 Å². The summed E-state index contributed by atoms with van der Waals surface area (Å²) in [5.74, 6) is 2.83. The van der Waals surface area contributed by atoms with Gasteiger partial charge in [0, 0.05) is 6.92 Å². The fourth-order valence-electron chi connectivity index (χ4n) is 0.335. The van der Waals surface area contributed by atoms with Gasteiger partial charge in [-0.05, 0) is 5.92 Å². The van der Waals surface area contributed by atoms with Gasteiger partial charge in [0.05, 0.1) is 21.1 Å². The van der Waals surface area contributed by atoms with Gasteiger partial charge in [-0.1, -0.05) is 0 Å². The first-order chi connectivity index (χ1) is 3.06. The van der Waals surface area contributed by atoms with E-state index in [-0.39, 0.29) is 17.0 Å². The molecule has 0 saturated heterocycles. The Morgan fingerprint density at radius 3 is 1.50 bits per heavy atom. The number of halogens is 1. The van der Waals surface area contributed by atoms with Crippen molar-refractivity contribution in [2.75, 3.05) is 21.1 Å². The summed E-state index contributed by atoms with van der Waals surface area (Å²) in [6.07, 6.45) is 0. The molecule has 0 aromatic rings. The van der Waals surface area contributed by atoms with E-state index in [4.69, 9.17) is 0 Å². The van der Waals surface area contributed by atoms with Crippen molar-refractivity contribution < 1.29 is 21.5 Å². The predicted octanol–water partition coefficient (Wildman–Crippen LogP) is -2.32. The first-order valence-corrected chi connectivity index (χ1v) is 2.32. The Balaban J connectivity index is 0. The van der Waals surface area contributed by atoms with E-state index in [9.17, 15) is 0 Å². The van der Waals surface area contributed by atoms with E-state index in [0.29, 0.717) is 0 Å². The minimum Gasteiger partial charge on any atom is -1.00 e. The third-order valence-corrected chi connectivity index (χ3v) is 0.447. The van der Waals surface area contributed by atoms with E-state index in [1.807, 2.05) is 28.1 Å². The maximum absolute atomic E-state index is 2.97. The van der Waals surface area contributed by atoms with Gasteiger partial charge in [0.25, 0.3) is 0 Å². The van der Waals surface area contributed by atoms with Crippen LogP contribution < -0.4 is 17.0 Å². The molecule has 0 rings (SSSR count). The van der Waals surface area contributed by atoms with Gasteiger partial charge >= 0.3 is 0 Å². The summed E-state index contributed by atoms with van der Waals surface area (Å²) in [6.45, 7) is 1.85. The molecule has 0 bridgehead atoms. The van der Waals surface area contributed by atoms with E-state index < -0.39 is 0 Å². The van der Waals surface area contributed by atoms with Crippen molar-refractivity contribution in [2.45, 2.75) is 6.92 Å². The van der Waals surface area contributed by atoms with Crippen LogP contribution in [0.4, 0.5) is 0 Å². The molecule has 2 heteroatoms. The zero-order valence-corrected chi connectivity index (χ0v) is 7.41. The lowest BCUT2D eigenvalue weighted by molar-refractivity contribution is -0.800. The van der Waals surface area contributed by atoms with Gasteiger partial charge in [-0.25, -0.2) is 0 Å². The Kier molecular flexibility index (Phi) is 5.36. The SMILES string of the molecule is CC#C[N+](C)(C)C.[Br-]. The average Bonchev–Trinajstić information content (AvgIpc) is 1.30. The van der Waals surface area contributed by atoms with E-state index in [1.54, 1.807) is 0 Å². The molecule has 0 unspecified atom stereocenters. The molecule has 0 aliphatic carbocycles. The van der Waals surface area contributed by atoms with Gasteiger partial charge in [-0.15, -0.1) is 0 Å². The van der Waals surface area contributed by atoms with Gasteiger partial charge in [-0.3, -0.25) is 4.48 Å². The fraction of sp³-hybridized carbons (Fsp3) is 0.667. The van der Waals surface area contributed by atoms with Crippen LogP contribution in [0.2, 0.25) is 0 Å². The van der Waals surface area contributed by atoms with Gasteiger partial charge in [0.1, 0.15) is 6.04 Å². The molecule has 0 aromatic heterocycles. The first-order valence-electron chi connectivity index (χ1n) is 2.32. The maximum Gasteiger partial charge on any atom is 0.136 e. The number of hydrogen-bond acceptors (Lipinski definition) is 0. The van der Waals surface area contributed by atoms with Crippen molar-refractivity contribution in [2.24, 2.45) is 0 Å². The minimum atomic E-state index is 0. The van der Waals surface area contributed by atoms with Crippen LogP contribution in [0.1, 0.15) is 6.92 Å². The van der Waals surface area contributed by atoms with E-state index >= 15 is 0 Å². The zero-order chi connectivity index (χ0) is 5.91. The smallest absolute Gasteiger partial charge is 0.136 e. The van der Waals surface area contributed by atoms with Crippen molar-refractivity contribution in [1.29, 1.82) is 0 Å². The lowest BCUT2D eigenvalue weighted by atomic mass is 10.6. The van der Waals surface area contributed by atoms with Gasteiger partial charge in [-0.2, -0.15) is 0 Å². The molecule has 48 valence electrons. The third-order valence-electron chi connectivity index (χ3n) is 0.447. The molecule has 0 amide bonds. The zero-order valence-electron chi connectivity index (χ0n) is 5.83. The Morgan fingerprint density at radius 1 is 1.12 bits per heavy atom. The van der Waals surface area contributed by atoms with Crippen LogP contribution in [0.15, 0.2) is 0 Å². The molecule has 0 saturated carbocycles. The fourth-order valence-corrected chi connectivity index (χ4v) is 0.335. The van der Waals surface area contributed by atoms with Crippen molar-refractivity contribution in [3.8, 4) is 12.0 Å². The van der Waals surface area contributed by atoms with Gasteiger partial charge in [0.15, 0.2) is 0 Å². The second-order valence-electron chi connectivity index (χ2n) is 2.37. The van der Waals surface area contributed by atoms with E-state index in [1.165, 1.54) is 0 Å². The molecule has 0 radical (unpaired) electrons. The van der Waals surface area contributed by atoms with Crippen LogP contribution in [-0.2, 0) is 0 Å². The largest absolute Gasteiger partial charge is 1.00 e. The van der Waals surface area contributed by atoms with Crippen LogP contribution in [0.25, 0.3) is 0 Å². The predicted molar refractivity (Wildman–Crippen MR) is 31.5 cm³/mol. The topological polar surface area (TPSA) is 0 Å². The highest BCUT2D eigenvalue weighted by molar-refractivity contribution is 4.84. The number of rotatable bonds is 0. The molecule has 0 N–H and O–H groups in total. The van der Waals surface area contributed by atoms with Crippen molar-refractivity contribution in [1.82, 2.24) is 0 Å². The summed E-state index contributed by atoms with van der Waals surface area (Å²) in [5.41, 5.74) is 0. The van der Waals surface area contributed by atoms with Crippen LogP contribution in [-0.4, -0.2) is 25.6 Å². The number of nitrogens with zero attached hydrogens (tertiary/aromatic N) is 1. The molecule has 0 aromatic carbocycles. The summed E-state index contributed by atoms with van der Waals surface area (Å²) >= 11 is 0. The molecular weight excluding hydrogens is 166 g/mol. The Labute approximate surface area is 62.0 Å². The highest BCUT2D eigenvalue weighted by Gasteiger charge is 1.97. The van der Waals surface area contributed by atoms with Crippen molar-refractivity contribution in [3.05, 3.63) is 0 Å². The van der Waals surface area contributed by atoms with Crippen LogP contribution in [0.5, 0.6) is 0 Å². The van der Waals surface area contributed by atoms with Crippen molar-refractivity contribution >= 4 is 0 Å². The molecular formula is C6H12BrN. The van der Waals surface area contributed by atoms with Crippen molar-refractivity contribution in [3.63, 3.8) is 0 Å². The second kappa shape index (κ2) is 3.94. The molecule has 0 spiro atoms. The van der Waals surface area contributed by atoms with Crippen LogP contribution in [0, 0.1) is 12.0 Å². The summed E-state index contributed by atoms with van der Waals surface area (Å²) in [7, 11) is 6.11. The molecule has 1 nitrogen and oxygen atoms in total. The average molecular weight is 178 g/mol. The van der Waals surface area contributed by atoms with Gasteiger partial charge in [0.2, 0.25) is 0 Å². The van der Waals surface area contributed by atoms with E-state index in [2.05, 4.69) is 12.0 Å². The summed E-state index contributed by atoms with van der Waals surface area (Å²) in [6, 6.07) is 2.97. The summed E-state index contributed by atoms with van der Waals surface area (Å²) in [4.78, 5) is 0. The monoisotopic (exact) mass is 177 g/mol. The number of hydrogen-bond donors (Lipinski definition) is 0. The van der Waals surface area contributed by atoms with Crippen LogP contribution >= 0.6 is 0 Å². The molecule has 0 heterocycles. The highest BCUT2D eigenvalue weighted by Crippen LogP contribution is 1.81. The Morgan fingerprint density at radius 2 is 1.50 bits per heavy atom. The third kappa shape index (κ3) is 9.38. The lowest BCUT2D eigenvalue weighted by Gasteiger charge is -2.11. The van der Waals surface area contributed by atoms with E-state index in [0.717, 1.165) is 4.48 Å². The normalized spacial score (nSPS) is 8.50. The first kappa shape index (κ1) is 10.9.